The lowest BCUT2D eigenvalue weighted by Gasteiger charge is -2.20. The van der Waals surface area contributed by atoms with Gasteiger partial charge in [0.15, 0.2) is 15.0 Å². The van der Waals surface area contributed by atoms with Crippen LogP contribution in [0.5, 0.6) is 0 Å². The summed E-state index contributed by atoms with van der Waals surface area (Å²) in [5, 5.41) is 0.527. The fraction of sp³-hybridized carbons (Fsp3) is 0.167. The number of anilines is 1. The van der Waals surface area contributed by atoms with Gasteiger partial charge in [-0.25, -0.2) is 17.8 Å². The number of para-hydroxylation sites is 1. The fourth-order valence-electron chi connectivity index (χ4n) is 3.34. The van der Waals surface area contributed by atoms with E-state index in [9.17, 15) is 17.6 Å². The van der Waals surface area contributed by atoms with Crippen LogP contribution in [0, 0.1) is 5.82 Å². The smallest absolute Gasteiger partial charge is 0.230 e. The second-order valence-corrected chi connectivity index (χ2v) is 11.3. The minimum absolute atomic E-state index is 0.00379. The Morgan fingerprint density at radius 2 is 1.76 bits per heavy atom. The molecule has 5 nitrogen and oxygen atoms in total. The summed E-state index contributed by atoms with van der Waals surface area (Å²) in [7, 11) is -3.73. The van der Waals surface area contributed by atoms with Crippen LogP contribution >= 0.6 is 23.1 Å². The standard InChI is InChI=1S/C24H21FN2O3S3/c1-31-20-8-5-9-21-23(20)26-24(32-21)27(16-17-6-3-2-4-7-17)22(28)14-15-33(29,30)19-12-10-18(25)11-13-19/h2-13H,14-16H2,1H3. The van der Waals surface area contributed by atoms with Crippen LogP contribution in [0.25, 0.3) is 10.2 Å². The molecule has 170 valence electrons. The number of rotatable bonds is 8. The Labute approximate surface area is 200 Å². The summed E-state index contributed by atoms with van der Waals surface area (Å²) in [5.41, 5.74) is 1.74. The van der Waals surface area contributed by atoms with Gasteiger partial charge in [0.25, 0.3) is 0 Å². The molecule has 0 saturated carbocycles. The summed E-state index contributed by atoms with van der Waals surface area (Å²) in [6.07, 6.45) is 1.76. The molecule has 4 aromatic rings. The summed E-state index contributed by atoms with van der Waals surface area (Å²) >= 11 is 2.99. The number of amides is 1. The first-order chi connectivity index (χ1) is 15.9. The molecule has 0 aliphatic rings. The van der Waals surface area contributed by atoms with Crippen LogP contribution in [0.3, 0.4) is 0 Å². The van der Waals surface area contributed by atoms with E-state index in [1.54, 1.807) is 16.7 Å². The van der Waals surface area contributed by atoms with Gasteiger partial charge >= 0.3 is 0 Å². The molecule has 0 fully saturated rings. The van der Waals surface area contributed by atoms with E-state index < -0.39 is 15.7 Å². The minimum atomic E-state index is -3.73. The van der Waals surface area contributed by atoms with E-state index in [4.69, 9.17) is 4.98 Å². The first-order valence-electron chi connectivity index (χ1n) is 10.1. The predicted octanol–water partition coefficient (Wildman–Crippen LogP) is 5.55. The largest absolute Gasteiger partial charge is 0.284 e. The Morgan fingerprint density at radius 3 is 2.45 bits per heavy atom. The van der Waals surface area contributed by atoms with Crippen molar-refractivity contribution in [1.29, 1.82) is 0 Å². The summed E-state index contributed by atoms with van der Waals surface area (Å²) in [6.45, 7) is 0.282. The Hall–Kier alpha value is -2.75. The molecule has 1 amide bonds. The van der Waals surface area contributed by atoms with E-state index >= 15 is 0 Å². The van der Waals surface area contributed by atoms with E-state index in [-0.39, 0.29) is 29.5 Å². The molecule has 3 aromatic carbocycles. The van der Waals surface area contributed by atoms with Crippen molar-refractivity contribution in [3.63, 3.8) is 0 Å². The Balaban J connectivity index is 1.62. The molecule has 4 rings (SSSR count). The lowest BCUT2D eigenvalue weighted by molar-refractivity contribution is -0.118. The third kappa shape index (κ3) is 5.43. The Morgan fingerprint density at radius 1 is 1.03 bits per heavy atom. The van der Waals surface area contributed by atoms with Crippen molar-refractivity contribution in [3.05, 3.63) is 84.2 Å². The number of thiazole rings is 1. The highest BCUT2D eigenvalue weighted by atomic mass is 32.2. The van der Waals surface area contributed by atoms with E-state index in [1.807, 2.05) is 54.8 Å². The van der Waals surface area contributed by atoms with Crippen molar-refractivity contribution < 1.29 is 17.6 Å². The van der Waals surface area contributed by atoms with Gasteiger partial charge in [-0.1, -0.05) is 47.7 Å². The maximum Gasteiger partial charge on any atom is 0.230 e. The summed E-state index contributed by atoms with van der Waals surface area (Å²) in [5.74, 6) is -1.22. The number of halogens is 1. The number of hydrogen-bond acceptors (Lipinski definition) is 6. The van der Waals surface area contributed by atoms with Gasteiger partial charge in [0, 0.05) is 11.3 Å². The molecule has 0 spiro atoms. The van der Waals surface area contributed by atoms with Gasteiger partial charge in [-0.15, -0.1) is 11.8 Å². The molecule has 0 aliphatic carbocycles. The van der Waals surface area contributed by atoms with Gasteiger partial charge in [-0.05, 0) is 48.2 Å². The van der Waals surface area contributed by atoms with Crippen molar-refractivity contribution in [2.24, 2.45) is 0 Å². The molecule has 0 unspecified atom stereocenters. The maximum absolute atomic E-state index is 13.3. The Kier molecular flexibility index (Phi) is 7.11. The van der Waals surface area contributed by atoms with E-state index in [2.05, 4.69) is 0 Å². The lowest BCUT2D eigenvalue weighted by Crippen LogP contribution is -2.31. The third-order valence-corrected chi connectivity index (χ3v) is 8.61. The van der Waals surface area contributed by atoms with Gasteiger partial charge < -0.3 is 0 Å². The van der Waals surface area contributed by atoms with Crippen molar-refractivity contribution in [2.45, 2.75) is 22.8 Å². The van der Waals surface area contributed by atoms with Crippen LogP contribution in [0.1, 0.15) is 12.0 Å². The average Bonchev–Trinajstić information content (AvgIpc) is 3.26. The van der Waals surface area contributed by atoms with Crippen molar-refractivity contribution in [1.82, 2.24) is 4.98 Å². The quantitative estimate of drug-likeness (QED) is 0.234. The van der Waals surface area contributed by atoms with Crippen LogP contribution in [0.15, 0.2) is 82.6 Å². The van der Waals surface area contributed by atoms with Gasteiger partial charge in [0.2, 0.25) is 5.91 Å². The molecule has 9 heteroatoms. The van der Waals surface area contributed by atoms with Gasteiger partial charge in [-0.2, -0.15) is 0 Å². The lowest BCUT2D eigenvalue weighted by atomic mass is 10.2. The van der Waals surface area contributed by atoms with Crippen molar-refractivity contribution in [3.8, 4) is 0 Å². The zero-order valence-corrected chi connectivity index (χ0v) is 20.2. The zero-order valence-electron chi connectivity index (χ0n) is 17.8. The van der Waals surface area contributed by atoms with E-state index in [0.717, 1.165) is 32.8 Å². The first-order valence-corrected chi connectivity index (χ1v) is 13.8. The molecule has 0 saturated heterocycles. The number of sulfone groups is 1. The van der Waals surface area contributed by atoms with Crippen LogP contribution in [-0.2, 0) is 21.2 Å². The maximum atomic E-state index is 13.3. The number of carbonyl (C=O) groups is 1. The fourth-order valence-corrected chi connectivity index (χ4v) is 6.20. The molecule has 0 bridgehead atoms. The SMILES string of the molecule is CSc1cccc2sc(N(Cc3ccccc3)C(=O)CCS(=O)(=O)c3ccc(F)cc3)nc12. The molecule has 1 heterocycles. The molecule has 0 radical (unpaired) electrons. The summed E-state index contributed by atoms with van der Waals surface area (Å²) in [4.78, 5) is 20.6. The average molecular weight is 501 g/mol. The number of hydrogen-bond donors (Lipinski definition) is 0. The number of thioether (sulfide) groups is 1. The second-order valence-electron chi connectivity index (χ2n) is 7.29. The summed E-state index contributed by atoms with van der Waals surface area (Å²) < 4.78 is 39.5. The first kappa shape index (κ1) is 23.4. The molecule has 33 heavy (non-hydrogen) atoms. The number of fused-ring (bicyclic) bond motifs is 1. The molecule has 0 aliphatic heterocycles. The van der Waals surface area contributed by atoms with Crippen LogP contribution in [-0.4, -0.2) is 31.3 Å². The van der Waals surface area contributed by atoms with Gasteiger partial charge in [-0.3, -0.25) is 9.69 Å². The van der Waals surface area contributed by atoms with Gasteiger partial charge in [0.1, 0.15) is 5.82 Å². The van der Waals surface area contributed by atoms with Crippen molar-refractivity contribution in [2.75, 3.05) is 16.9 Å². The summed E-state index contributed by atoms with van der Waals surface area (Å²) in [6, 6.07) is 20.0. The topological polar surface area (TPSA) is 67.3 Å². The molecular formula is C24H21FN2O3S3. The highest BCUT2D eigenvalue weighted by Gasteiger charge is 2.24. The van der Waals surface area contributed by atoms with E-state index in [0.29, 0.717) is 5.13 Å². The number of benzene rings is 3. The van der Waals surface area contributed by atoms with Crippen LogP contribution in [0.2, 0.25) is 0 Å². The molecule has 0 atom stereocenters. The molecule has 0 N–H and O–H groups in total. The molecule has 1 aromatic heterocycles. The van der Waals surface area contributed by atoms with Crippen LogP contribution in [0.4, 0.5) is 9.52 Å². The third-order valence-electron chi connectivity index (χ3n) is 5.06. The highest BCUT2D eigenvalue weighted by Crippen LogP contribution is 2.35. The number of nitrogens with zero attached hydrogens (tertiary/aromatic N) is 2. The zero-order chi connectivity index (χ0) is 23.4. The minimum Gasteiger partial charge on any atom is -0.284 e. The van der Waals surface area contributed by atoms with E-state index in [1.165, 1.54) is 23.5 Å². The number of aromatic nitrogens is 1. The second kappa shape index (κ2) is 10.0. The molecular weight excluding hydrogens is 479 g/mol. The normalized spacial score (nSPS) is 11.6. The Bertz CT molecular complexity index is 1370. The number of carbonyl (C=O) groups excluding carboxylic acids is 1. The monoisotopic (exact) mass is 500 g/mol. The highest BCUT2D eigenvalue weighted by molar-refractivity contribution is 7.98. The van der Waals surface area contributed by atoms with Crippen LogP contribution < -0.4 is 4.90 Å². The van der Waals surface area contributed by atoms with Crippen molar-refractivity contribution >= 4 is 54.2 Å². The predicted molar refractivity (Wildman–Crippen MR) is 132 cm³/mol. The van der Waals surface area contributed by atoms with Gasteiger partial charge in [0.05, 0.1) is 27.4 Å².